The van der Waals surface area contributed by atoms with Gasteiger partial charge in [-0.15, -0.1) is 11.3 Å². The molecule has 0 aromatic carbocycles. The van der Waals surface area contributed by atoms with Crippen LogP contribution >= 0.6 is 11.3 Å². The van der Waals surface area contributed by atoms with Crippen LogP contribution in [0, 0.1) is 5.92 Å². The number of hydrogen-bond acceptors (Lipinski definition) is 6. The van der Waals surface area contributed by atoms with Crippen LogP contribution in [0.15, 0.2) is 11.4 Å². The van der Waals surface area contributed by atoms with Gasteiger partial charge < -0.3 is 19.1 Å². The van der Waals surface area contributed by atoms with Gasteiger partial charge in [-0.25, -0.2) is 4.79 Å². The summed E-state index contributed by atoms with van der Waals surface area (Å²) < 4.78 is 15.8. The lowest BCUT2D eigenvalue weighted by Crippen LogP contribution is -2.34. The molecule has 7 heteroatoms. The van der Waals surface area contributed by atoms with Gasteiger partial charge in [0.1, 0.15) is 6.10 Å². The topological polar surface area (TPSA) is 65.1 Å². The van der Waals surface area contributed by atoms with Gasteiger partial charge in [-0.05, 0) is 36.3 Å². The molecule has 2 heterocycles. The standard InChI is InChI=1S/C17H25NO5S/c1-4-12(5-2)16(19)22-11-23-17(20)18(3)10-14-15-13(6-8-21-14)7-9-24-15/h7,9,12,14H,4-6,8,10-11H2,1-3H3/t14-/m0/s1. The van der Waals surface area contributed by atoms with Crippen molar-refractivity contribution >= 4 is 23.4 Å². The average Bonchev–Trinajstić information content (AvgIpc) is 3.05. The summed E-state index contributed by atoms with van der Waals surface area (Å²) in [4.78, 5) is 26.4. The van der Waals surface area contributed by atoms with E-state index in [-0.39, 0.29) is 24.8 Å². The van der Waals surface area contributed by atoms with Crippen molar-refractivity contribution in [3.63, 3.8) is 0 Å². The maximum atomic E-state index is 12.0. The molecule has 0 radical (unpaired) electrons. The molecule has 0 saturated heterocycles. The van der Waals surface area contributed by atoms with Crippen LogP contribution < -0.4 is 0 Å². The minimum Gasteiger partial charge on any atom is -0.428 e. The minimum absolute atomic E-state index is 0.126. The number of likely N-dealkylation sites (N-methyl/N-ethyl adjacent to an activating group) is 1. The van der Waals surface area contributed by atoms with Crippen LogP contribution in [0.1, 0.15) is 43.2 Å². The molecular formula is C17H25NO5S. The second-order valence-electron chi connectivity index (χ2n) is 5.80. The second kappa shape index (κ2) is 9.03. The Morgan fingerprint density at radius 1 is 1.38 bits per heavy atom. The van der Waals surface area contributed by atoms with Crippen LogP contribution in [0.25, 0.3) is 0 Å². The van der Waals surface area contributed by atoms with E-state index in [0.29, 0.717) is 26.0 Å². The van der Waals surface area contributed by atoms with E-state index in [1.54, 1.807) is 18.4 Å². The second-order valence-corrected chi connectivity index (χ2v) is 6.75. The summed E-state index contributed by atoms with van der Waals surface area (Å²) in [6.45, 7) is 4.57. The first kappa shape index (κ1) is 18.7. The Morgan fingerprint density at radius 2 is 2.12 bits per heavy atom. The molecule has 1 aromatic heterocycles. The van der Waals surface area contributed by atoms with Crippen LogP contribution in [0.5, 0.6) is 0 Å². The normalized spacial score (nSPS) is 16.6. The van der Waals surface area contributed by atoms with E-state index in [1.807, 2.05) is 19.2 Å². The largest absolute Gasteiger partial charge is 0.428 e. The molecule has 1 amide bonds. The molecule has 1 aliphatic rings. The molecule has 1 atom stereocenters. The van der Waals surface area contributed by atoms with E-state index in [0.717, 1.165) is 6.42 Å². The summed E-state index contributed by atoms with van der Waals surface area (Å²) in [5.74, 6) is -0.469. The zero-order valence-electron chi connectivity index (χ0n) is 14.4. The summed E-state index contributed by atoms with van der Waals surface area (Å²) in [6.07, 6.45) is 1.68. The Labute approximate surface area is 146 Å². The highest BCUT2D eigenvalue weighted by molar-refractivity contribution is 7.10. The fraction of sp³-hybridized carbons (Fsp3) is 0.647. The maximum Gasteiger partial charge on any atom is 0.412 e. The Morgan fingerprint density at radius 3 is 2.83 bits per heavy atom. The molecule has 6 nitrogen and oxygen atoms in total. The number of esters is 1. The predicted octanol–water partition coefficient (Wildman–Crippen LogP) is 3.37. The average molecular weight is 355 g/mol. The molecule has 24 heavy (non-hydrogen) atoms. The van der Waals surface area contributed by atoms with Gasteiger partial charge in [-0.3, -0.25) is 4.79 Å². The van der Waals surface area contributed by atoms with Gasteiger partial charge in [0.15, 0.2) is 0 Å². The van der Waals surface area contributed by atoms with E-state index in [4.69, 9.17) is 14.2 Å². The van der Waals surface area contributed by atoms with Crippen LogP contribution in [-0.4, -0.2) is 44.0 Å². The lowest BCUT2D eigenvalue weighted by Gasteiger charge is -2.27. The Hall–Kier alpha value is -1.60. The van der Waals surface area contributed by atoms with E-state index >= 15 is 0 Å². The van der Waals surface area contributed by atoms with Gasteiger partial charge in [0.25, 0.3) is 0 Å². The molecule has 0 unspecified atom stereocenters. The highest BCUT2D eigenvalue weighted by Crippen LogP contribution is 2.32. The first-order chi connectivity index (χ1) is 11.6. The number of thiophene rings is 1. The summed E-state index contributed by atoms with van der Waals surface area (Å²) in [7, 11) is 1.65. The molecule has 0 saturated carbocycles. The Balaban J connectivity index is 1.76. The third-order valence-corrected chi connectivity index (χ3v) is 5.27. The number of hydrogen-bond donors (Lipinski definition) is 0. The van der Waals surface area contributed by atoms with Gasteiger partial charge in [0.2, 0.25) is 6.79 Å². The molecule has 2 rings (SSSR count). The smallest absolute Gasteiger partial charge is 0.412 e. The van der Waals surface area contributed by atoms with Gasteiger partial charge in [0.05, 0.1) is 19.1 Å². The minimum atomic E-state index is -0.528. The van der Waals surface area contributed by atoms with Crippen molar-refractivity contribution in [2.24, 2.45) is 5.92 Å². The molecule has 0 spiro atoms. The quantitative estimate of drug-likeness (QED) is 0.554. The molecule has 0 fully saturated rings. The highest BCUT2D eigenvalue weighted by atomic mass is 32.1. The van der Waals surface area contributed by atoms with Gasteiger partial charge >= 0.3 is 12.1 Å². The Kier molecular flexibility index (Phi) is 7.05. The fourth-order valence-electron chi connectivity index (χ4n) is 2.67. The van der Waals surface area contributed by atoms with Crippen LogP contribution in [0.2, 0.25) is 0 Å². The zero-order chi connectivity index (χ0) is 17.5. The van der Waals surface area contributed by atoms with Crippen LogP contribution in [-0.2, 0) is 25.4 Å². The number of carbonyl (C=O) groups excluding carboxylic acids is 2. The summed E-state index contributed by atoms with van der Waals surface area (Å²) >= 11 is 1.64. The lowest BCUT2D eigenvalue weighted by molar-refractivity contribution is -0.157. The number of ether oxygens (including phenoxy) is 3. The van der Waals surface area contributed by atoms with Crippen molar-refractivity contribution < 1.29 is 23.8 Å². The van der Waals surface area contributed by atoms with Crippen molar-refractivity contribution in [3.05, 3.63) is 21.9 Å². The maximum absolute atomic E-state index is 12.0. The molecule has 1 aromatic rings. The molecule has 0 N–H and O–H groups in total. The van der Waals surface area contributed by atoms with Gasteiger partial charge in [0, 0.05) is 11.9 Å². The SMILES string of the molecule is CCC(CC)C(=O)OCOC(=O)N(C)C[C@@H]1OCCc2ccsc21. The number of amides is 1. The summed E-state index contributed by atoms with van der Waals surface area (Å²) in [5, 5.41) is 2.04. The summed E-state index contributed by atoms with van der Waals surface area (Å²) in [5.41, 5.74) is 1.29. The van der Waals surface area contributed by atoms with E-state index in [1.165, 1.54) is 15.3 Å². The first-order valence-corrected chi connectivity index (χ1v) is 9.17. The van der Waals surface area contributed by atoms with Crippen molar-refractivity contribution in [1.29, 1.82) is 0 Å². The van der Waals surface area contributed by atoms with E-state index in [9.17, 15) is 9.59 Å². The zero-order valence-corrected chi connectivity index (χ0v) is 15.3. The van der Waals surface area contributed by atoms with Crippen molar-refractivity contribution in [1.82, 2.24) is 4.90 Å². The van der Waals surface area contributed by atoms with Crippen LogP contribution in [0.4, 0.5) is 4.79 Å². The Bertz CT molecular complexity index is 555. The highest BCUT2D eigenvalue weighted by Gasteiger charge is 2.25. The molecule has 1 aliphatic heterocycles. The van der Waals surface area contributed by atoms with Crippen molar-refractivity contribution in [2.45, 2.75) is 39.2 Å². The van der Waals surface area contributed by atoms with E-state index in [2.05, 4.69) is 6.07 Å². The number of carbonyl (C=O) groups is 2. The summed E-state index contributed by atoms with van der Waals surface area (Å²) in [6, 6.07) is 2.10. The fourth-order valence-corrected chi connectivity index (χ4v) is 3.66. The third kappa shape index (κ3) is 4.70. The number of rotatable bonds is 7. The molecule has 0 bridgehead atoms. The van der Waals surface area contributed by atoms with E-state index < -0.39 is 6.09 Å². The molecular weight excluding hydrogens is 330 g/mol. The molecule has 0 aliphatic carbocycles. The number of nitrogens with zero attached hydrogens (tertiary/aromatic N) is 1. The lowest BCUT2D eigenvalue weighted by atomic mass is 10.0. The van der Waals surface area contributed by atoms with Crippen molar-refractivity contribution in [2.75, 3.05) is 27.0 Å². The molecule has 134 valence electrons. The van der Waals surface area contributed by atoms with Gasteiger partial charge in [-0.1, -0.05) is 13.8 Å². The van der Waals surface area contributed by atoms with Crippen molar-refractivity contribution in [3.8, 4) is 0 Å². The predicted molar refractivity (Wildman–Crippen MR) is 90.9 cm³/mol. The first-order valence-electron chi connectivity index (χ1n) is 8.29. The van der Waals surface area contributed by atoms with Crippen LogP contribution in [0.3, 0.4) is 0 Å². The van der Waals surface area contributed by atoms with Gasteiger partial charge in [-0.2, -0.15) is 0 Å². The monoisotopic (exact) mass is 355 g/mol. The third-order valence-electron chi connectivity index (χ3n) is 4.22. The number of fused-ring (bicyclic) bond motifs is 1.